The van der Waals surface area contributed by atoms with Gasteiger partial charge in [-0.1, -0.05) is 0 Å². The molecule has 1 aliphatic heterocycles. The zero-order valence-corrected chi connectivity index (χ0v) is 12.9. The number of hydrogen-bond acceptors (Lipinski definition) is 3. The van der Waals surface area contributed by atoms with Crippen molar-refractivity contribution in [2.75, 3.05) is 13.7 Å². The Morgan fingerprint density at radius 1 is 1.47 bits per heavy atom. The highest BCUT2D eigenvalue weighted by molar-refractivity contribution is 7.84. The van der Waals surface area contributed by atoms with Crippen molar-refractivity contribution in [2.45, 2.75) is 44.4 Å². The van der Waals surface area contributed by atoms with Gasteiger partial charge in [0.25, 0.3) is 0 Å². The second-order valence-corrected chi connectivity index (χ2v) is 7.97. The van der Waals surface area contributed by atoms with E-state index in [1.807, 2.05) is 33.0 Å². The molecule has 0 aliphatic carbocycles. The molecule has 2 heterocycles. The summed E-state index contributed by atoms with van der Waals surface area (Å²) in [4.78, 5) is 4.19. The number of aromatic nitrogens is 1. The van der Waals surface area contributed by atoms with Crippen molar-refractivity contribution < 1.29 is 8.95 Å². The van der Waals surface area contributed by atoms with E-state index in [9.17, 15) is 4.21 Å². The van der Waals surface area contributed by atoms with E-state index in [-0.39, 0.29) is 10.8 Å². The lowest BCUT2D eigenvalue weighted by Crippen LogP contribution is -2.37. The molecule has 1 unspecified atom stereocenters. The molecule has 2 rings (SSSR count). The summed E-state index contributed by atoms with van der Waals surface area (Å²) < 4.78 is 19.9. The van der Waals surface area contributed by atoms with Crippen LogP contribution in [-0.4, -0.2) is 31.9 Å². The standard InChI is InChI=1S/C14H22N2O2S/c1-14(2,3)19(17)16-9-5-6-12(16)11-10-15-8-7-13(11)18-4/h7-8,10,12H,5-6,9H2,1-4H3/t12-,19?/m0/s1. The van der Waals surface area contributed by atoms with Crippen LogP contribution in [0.4, 0.5) is 0 Å². The monoisotopic (exact) mass is 282 g/mol. The number of pyridine rings is 1. The maximum Gasteiger partial charge on any atom is 0.126 e. The SMILES string of the molecule is COc1ccncc1[C@@H]1CCCN1S(=O)C(C)(C)C. The lowest BCUT2D eigenvalue weighted by atomic mass is 10.1. The Hall–Kier alpha value is -0.940. The highest BCUT2D eigenvalue weighted by Crippen LogP contribution is 2.39. The molecule has 0 aromatic carbocycles. The molecule has 19 heavy (non-hydrogen) atoms. The summed E-state index contributed by atoms with van der Waals surface area (Å²) in [6.07, 6.45) is 5.62. The molecule has 1 aromatic rings. The van der Waals surface area contributed by atoms with Gasteiger partial charge in [-0.3, -0.25) is 4.98 Å². The summed E-state index contributed by atoms with van der Waals surface area (Å²) in [7, 11) is 0.662. The quantitative estimate of drug-likeness (QED) is 0.856. The molecular formula is C14H22N2O2S. The first-order valence-corrected chi connectivity index (χ1v) is 7.72. The van der Waals surface area contributed by atoms with Crippen LogP contribution in [0.2, 0.25) is 0 Å². The van der Waals surface area contributed by atoms with Crippen molar-refractivity contribution in [1.82, 2.24) is 9.29 Å². The minimum atomic E-state index is -1.00. The summed E-state index contributed by atoms with van der Waals surface area (Å²) in [6.45, 7) is 6.91. The first-order chi connectivity index (χ1) is 8.95. The van der Waals surface area contributed by atoms with E-state index in [0.717, 1.165) is 30.7 Å². The average molecular weight is 282 g/mol. The number of ether oxygens (including phenoxy) is 1. The molecule has 0 amide bonds. The van der Waals surface area contributed by atoms with Gasteiger partial charge >= 0.3 is 0 Å². The molecule has 2 atom stereocenters. The zero-order valence-electron chi connectivity index (χ0n) is 12.0. The van der Waals surface area contributed by atoms with Crippen molar-refractivity contribution in [1.29, 1.82) is 0 Å². The summed E-state index contributed by atoms with van der Waals surface area (Å²) in [5.74, 6) is 0.831. The molecule has 106 valence electrons. The van der Waals surface area contributed by atoms with Crippen molar-refractivity contribution >= 4 is 11.0 Å². The maximum atomic E-state index is 12.6. The highest BCUT2D eigenvalue weighted by atomic mass is 32.2. The minimum Gasteiger partial charge on any atom is -0.496 e. The summed E-state index contributed by atoms with van der Waals surface area (Å²) >= 11 is 0. The largest absolute Gasteiger partial charge is 0.496 e. The molecule has 1 aliphatic rings. The maximum absolute atomic E-state index is 12.6. The number of rotatable bonds is 3. The van der Waals surface area contributed by atoms with Gasteiger partial charge in [0.05, 0.1) is 17.9 Å². The van der Waals surface area contributed by atoms with E-state index in [1.54, 1.807) is 13.3 Å². The smallest absolute Gasteiger partial charge is 0.126 e. The van der Waals surface area contributed by atoms with E-state index < -0.39 is 11.0 Å². The second kappa shape index (κ2) is 5.59. The molecular weight excluding hydrogens is 260 g/mol. The molecule has 1 saturated heterocycles. The fourth-order valence-electron chi connectivity index (χ4n) is 2.43. The van der Waals surface area contributed by atoms with Crippen LogP contribution in [-0.2, 0) is 11.0 Å². The average Bonchev–Trinajstić information content (AvgIpc) is 2.85. The fraction of sp³-hybridized carbons (Fsp3) is 0.643. The second-order valence-electron chi connectivity index (χ2n) is 5.78. The lowest BCUT2D eigenvalue weighted by Gasteiger charge is -2.30. The Balaban J connectivity index is 2.31. The van der Waals surface area contributed by atoms with Crippen LogP contribution in [0.15, 0.2) is 18.5 Å². The topological polar surface area (TPSA) is 42.4 Å². The lowest BCUT2D eigenvalue weighted by molar-refractivity contribution is 0.373. The van der Waals surface area contributed by atoms with Crippen LogP contribution < -0.4 is 4.74 Å². The molecule has 0 spiro atoms. The molecule has 4 nitrogen and oxygen atoms in total. The van der Waals surface area contributed by atoms with Gasteiger partial charge in [-0.05, 0) is 39.7 Å². The first kappa shape index (κ1) is 14.5. The van der Waals surface area contributed by atoms with Gasteiger partial charge in [0.15, 0.2) is 0 Å². The van der Waals surface area contributed by atoms with Crippen molar-refractivity contribution in [3.63, 3.8) is 0 Å². The van der Waals surface area contributed by atoms with Gasteiger partial charge in [-0.15, -0.1) is 0 Å². The Morgan fingerprint density at radius 2 is 2.21 bits per heavy atom. The van der Waals surface area contributed by atoms with Gasteiger partial charge in [0, 0.05) is 24.5 Å². The molecule has 0 radical (unpaired) electrons. The van der Waals surface area contributed by atoms with Gasteiger partial charge in [0.2, 0.25) is 0 Å². The van der Waals surface area contributed by atoms with Crippen molar-refractivity contribution in [2.24, 2.45) is 0 Å². The Bertz CT molecular complexity index is 471. The van der Waals surface area contributed by atoms with E-state index in [1.165, 1.54) is 0 Å². The highest BCUT2D eigenvalue weighted by Gasteiger charge is 2.36. The fourth-order valence-corrected chi connectivity index (χ4v) is 3.88. The predicted octanol–water partition coefficient (Wildman–Crippen LogP) is 2.69. The Labute approximate surface area is 117 Å². The summed E-state index contributed by atoms with van der Waals surface area (Å²) in [5.41, 5.74) is 1.04. The molecule has 0 N–H and O–H groups in total. The third-order valence-corrected chi connectivity index (χ3v) is 5.24. The first-order valence-electron chi connectivity index (χ1n) is 6.61. The van der Waals surface area contributed by atoms with Crippen LogP contribution in [0.5, 0.6) is 5.75 Å². The van der Waals surface area contributed by atoms with E-state index in [0.29, 0.717) is 0 Å². The van der Waals surface area contributed by atoms with E-state index in [2.05, 4.69) is 9.29 Å². The third kappa shape index (κ3) is 2.98. The zero-order chi connectivity index (χ0) is 14.0. The van der Waals surface area contributed by atoms with Gasteiger partial charge < -0.3 is 4.74 Å². The normalized spacial score (nSPS) is 22.4. The van der Waals surface area contributed by atoms with Crippen LogP contribution in [0.25, 0.3) is 0 Å². The Morgan fingerprint density at radius 3 is 2.84 bits per heavy atom. The number of hydrogen-bond donors (Lipinski definition) is 0. The molecule has 0 bridgehead atoms. The summed E-state index contributed by atoms with van der Waals surface area (Å²) in [6, 6.07) is 2.01. The molecule has 0 saturated carbocycles. The minimum absolute atomic E-state index is 0.142. The van der Waals surface area contributed by atoms with E-state index in [4.69, 9.17) is 4.74 Å². The predicted molar refractivity (Wildman–Crippen MR) is 77.4 cm³/mol. The van der Waals surface area contributed by atoms with Gasteiger partial charge in [-0.25, -0.2) is 8.51 Å². The van der Waals surface area contributed by atoms with Crippen molar-refractivity contribution in [3.05, 3.63) is 24.0 Å². The summed E-state index contributed by atoms with van der Waals surface area (Å²) in [5, 5.41) is 0. The molecule has 1 aromatic heterocycles. The number of nitrogens with zero attached hydrogens (tertiary/aromatic N) is 2. The molecule has 1 fully saturated rings. The number of methoxy groups -OCH3 is 1. The van der Waals surface area contributed by atoms with Crippen LogP contribution in [0.3, 0.4) is 0 Å². The van der Waals surface area contributed by atoms with Gasteiger partial charge in [0.1, 0.15) is 16.7 Å². The van der Waals surface area contributed by atoms with Gasteiger partial charge in [-0.2, -0.15) is 0 Å². The molecule has 5 heteroatoms. The van der Waals surface area contributed by atoms with Crippen molar-refractivity contribution in [3.8, 4) is 5.75 Å². The van der Waals surface area contributed by atoms with Crippen LogP contribution in [0, 0.1) is 0 Å². The Kier molecular flexibility index (Phi) is 4.26. The third-order valence-electron chi connectivity index (χ3n) is 3.33. The van der Waals surface area contributed by atoms with E-state index >= 15 is 0 Å². The van der Waals surface area contributed by atoms with Crippen LogP contribution in [0.1, 0.15) is 45.2 Å². The van der Waals surface area contributed by atoms with Crippen LogP contribution >= 0.6 is 0 Å².